The van der Waals surface area contributed by atoms with Crippen molar-refractivity contribution in [2.45, 2.75) is 11.3 Å². The van der Waals surface area contributed by atoms with Gasteiger partial charge >= 0.3 is 0 Å². The van der Waals surface area contributed by atoms with Gasteiger partial charge in [-0.3, -0.25) is 9.59 Å². The highest BCUT2D eigenvalue weighted by Gasteiger charge is 2.48. The molecule has 2 unspecified atom stereocenters. The predicted molar refractivity (Wildman–Crippen MR) is 164 cm³/mol. The minimum Gasteiger partial charge on any atom is -0.457 e. The first-order valence-corrected chi connectivity index (χ1v) is 13.8. The molecule has 204 valence electrons. The fourth-order valence-corrected chi connectivity index (χ4v) is 5.34. The molecule has 42 heavy (non-hydrogen) atoms. The van der Waals surface area contributed by atoms with Crippen molar-refractivity contribution in [2.24, 2.45) is 0 Å². The Morgan fingerprint density at radius 3 is 1.55 bits per heavy atom. The maximum Gasteiger partial charge on any atom is 0.229 e. The Labute approximate surface area is 245 Å². The number of ether oxygens (including phenoxy) is 2. The second-order valence-electron chi connectivity index (χ2n) is 10.0. The SMILES string of the molecule is O=C(C(=O)C1(c2ccc(Oc3ccccc3)cc2)C=CC=CC1c1ccc(Oc2ccccc2)cc1)c1ccccc1. The number of allylic oxidation sites excluding steroid dienone is 4. The van der Waals surface area contributed by atoms with Gasteiger partial charge in [-0.15, -0.1) is 0 Å². The minimum atomic E-state index is -1.27. The van der Waals surface area contributed by atoms with Gasteiger partial charge in [0, 0.05) is 11.5 Å². The molecule has 0 saturated heterocycles. The van der Waals surface area contributed by atoms with Gasteiger partial charge in [0.05, 0.1) is 5.41 Å². The van der Waals surface area contributed by atoms with Crippen LogP contribution in [0.5, 0.6) is 23.0 Å². The molecule has 6 rings (SSSR count). The van der Waals surface area contributed by atoms with Gasteiger partial charge in [-0.05, 0) is 59.7 Å². The van der Waals surface area contributed by atoms with Crippen molar-refractivity contribution < 1.29 is 19.1 Å². The van der Waals surface area contributed by atoms with Gasteiger partial charge in [0.15, 0.2) is 0 Å². The third kappa shape index (κ3) is 5.43. The van der Waals surface area contributed by atoms with Gasteiger partial charge in [0.25, 0.3) is 0 Å². The highest BCUT2D eigenvalue weighted by molar-refractivity contribution is 6.47. The molecule has 0 spiro atoms. The molecule has 0 aliphatic heterocycles. The first-order valence-electron chi connectivity index (χ1n) is 13.8. The van der Waals surface area contributed by atoms with E-state index in [1.165, 1.54) is 0 Å². The summed E-state index contributed by atoms with van der Waals surface area (Å²) in [7, 11) is 0. The summed E-state index contributed by atoms with van der Waals surface area (Å²) in [6.07, 6.45) is 7.60. The normalized spacial score (nSPS) is 17.4. The van der Waals surface area contributed by atoms with E-state index >= 15 is 0 Å². The zero-order valence-corrected chi connectivity index (χ0v) is 22.8. The number of hydrogen-bond donors (Lipinski definition) is 0. The molecular weight excluding hydrogens is 520 g/mol. The average Bonchev–Trinajstić information content (AvgIpc) is 3.06. The van der Waals surface area contributed by atoms with Crippen LogP contribution in [0.25, 0.3) is 0 Å². The van der Waals surface area contributed by atoms with Gasteiger partial charge in [0.1, 0.15) is 23.0 Å². The van der Waals surface area contributed by atoms with Crippen LogP contribution in [0.15, 0.2) is 164 Å². The van der Waals surface area contributed by atoms with Crippen LogP contribution in [0.4, 0.5) is 0 Å². The van der Waals surface area contributed by atoms with E-state index in [0.717, 1.165) is 11.3 Å². The van der Waals surface area contributed by atoms with E-state index in [9.17, 15) is 9.59 Å². The molecule has 0 N–H and O–H groups in total. The first-order chi connectivity index (χ1) is 20.6. The summed E-state index contributed by atoms with van der Waals surface area (Å²) in [6, 6.07) is 42.9. The maximum absolute atomic E-state index is 14.4. The van der Waals surface area contributed by atoms with Crippen LogP contribution in [0.2, 0.25) is 0 Å². The van der Waals surface area contributed by atoms with Crippen molar-refractivity contribution in [3.63, 3.8) is 0 Å². The molecule has 1 aliphatic carbocycles. The van der Waals surface area contributed by atoms with Crippen molar-refractivity contribution in [3.05, 3.63) is 181 Å². The molecule has 4 heteroatoms. The van der Waals surface area contributed by atoms with Crippen LogP contribution >= 0.6 is 0 Å². The lowest BCUT2D eigenvalue weighted by Gasteiger charge is -2.38. The summed E-state index contributed by atoms with van der Waals surface area (Å²) < 4.78 is 12.0. The van der Waals surface area contributed by atoms with E-state index in [1.54, 1.807) is 24.3 Å². The Hall–Kier alpha value is -5.48. The highest BCUT2D eigenvalue weighted by Crippen LogP contribution is 2.46. The number of rotatable bonds is 9. The molecule has 0 heterocycles. The molecule has 0 saturated carbocycles. The van der Waals surface area contributed by atoms with Crippen molar-refractivity contribution in [1.29, 1.82) is 0 Å². The van der Waals surface area contributed by atoms with Gasteiger partial charge < -0.3 is 9.47 Å². The Morgan fingerprint density at radius 2 is 1.00 bits per heavy atom. The van der Waals surface area contributed by atoms with Crippen molar-refractivity contribution >= 4 is 11.6 Å². The third-order valence-corrected chi connectivity index (χ3v) is 7.41. The van der Waals surface area contributed by atoms with Crippen LogP contribution in [0.1, 0.15) is 27.4 Å². The third-order valence-electron chi connectivity index (χ3n) is 7.41. The van der Waals surface area contributed by atoms with Gasteiger partial charge in [-0.25, -0.2) is 0 Å². The number of para-hydroxylation sites is 2. The van der Waals surface area contributed by atoms with E-state index in [4.69, 9.17) is 9.47 Å². The average molecular weight is 549 g/mol. The van der Waals surface area contributed by atoms with Crippen LogP contribution in [0, 0.1) is 0 Å². The van der Waals surface area contributed by atoms with Crippen LogP contribution in [-0.4, -0.2) is 11.6 Å². The topological polar surface area (TPSA) is 52.6 Å². The van der Waals surface area contributed by atoms with E-state index in [0.29, 0.717) is 28.4 Å². The Balaban J connectivity index is 1.39. The summed E-state index contributed by atoms with van der Waals surface area (Å²) in [5.41, 5.74) is 0.677. The first kappa shape index (κ1) is 26.7. The summed E-state index contributed by atoms with van der Waals surface area (Å²) >= 11 is 0. The molecule has 0 radical (unpaired) electrons. The van der Waals surface area contributed by atoms with Crippen LogP contribution in [0.3, 0.4) is 0 Å². The molecule has 5 aromatic rings. The van der Waals surface area contributed by atoms with Crippen LogP contribution < -0.4 is 9.47 Å². The van der Waals surface area contributed by atoms with Gasteiger partial charge in [-0.1, -0.05) is 115 Å². The fraction of sp³-hybridized carbons (Fsp3) is 0.0526. The monoisotopic (exact) mass is 548 g/mol. The van der Waals surface area contributed by atoms with Gasteiger partial charge in [0.2, 0.25) is 11.6 Å². The lowest BCUT2D eigenvalue weighted by atomic mass is 9.62. The molecule has 0 fully saturated rings. The van der Waals surface area contributed by atoms with Crippen molar-refractivity contribution in [3.8, 4) is 23.0 Å². The Bertz CT molecular complexity index is 1720. The molecule has 0 amide bonds. The quantitative estimate of drug-likeness (QED) is 0.136. The van der Waals surface area contributed by atoms with E-state index in [1.807, 2.05) is 140 Å². The lowest BCUT2D eigenvalue weighted by molar-refractivity contribution is -0.119. The van der Waals surface area contributed by atoms with Crippen molar-refractivity contribution in [2.75, 3.05) is 0 Å². The fourth-order valence-electron chi connectivity index (χ4n) is 5.34. The zero-order valence-electron chi connectivity index (χ0n) is 22.8. The second kappa shape index (κ2) is 11.9. The maximum atomic E-state index is 14.4. The number of benzene rings is 5. The second-order valence-corrected chi connectivity index (χ2v) is 10.0. The molecular formula is C38H28O4. The van der Waals surface area contributed by atoms with Gasteiger partial charge in [-0.2, -0.15) is 0 Å². The zero-order chi connectivity index (χ0) is 28.8. The smallest absolute Gasteiger partial charge is 0.229 e. The van der Waals surface area contributed by atoms with E-state index in [2.05, 4.69) is 0 Å². The predicted octanol–water partition coefficient (Wildman–Crippen LogP) is 8.87. The molecule has 4 nitrogen and oxygen atoms in total. The van der Waals surface area contributed by atoms with E-state index < -0.39 is 22.9 Å². The van der Waals surface area contributed by atoms with E-state index in [-0.39, 0.29) is 0 Å². The number of ketones is 2. The summed E-state index contributed by atoms with van der Waals surface area (Å²) in [5, 5.41) is 0. The highest BCUT2D eigenvalue weighted by atomic mass is 16.5. The molecule has 5 aromatic carbocycles. The molecule has 2 atom stereocenters. The number of Topliss-reactive ketones (excluding diaryl/α,β-unsaturated/α-hetero) is 2. The standard InChI is InChI=1S/C38H28O4/c39-36(29-12-4-1-5-13-29)37(40)38(30-21-25-34(26-22-30)42-32-16-8-3-9-17-32)27-11-10-18-35(38)28-19-23-33(24-20-28)41-31-14-6-2-7-15-31/h1-27,35H. The molecule has 0 aromatic heterocycles. The minimum absolute atomic E-state index is 0.360. The summed E-state index contributed by atoms with van der Waals surface area (Å²) in [6.45, 7) is 0. The lowest BCUT2D eigenvalue weighted by Crippen LogP contribution is -2.44. The van der Waals surface area contributed by atoms with Crippen LogP contribution in [-0.2, 0) is 10.2 Å². The Morgan fingerprint density at radius 1 is 0.524 bits per heavy atom. The largest absolute Gasteiger partial charge is 0.457 e. The Kier molecular flexibility index (Phi) is 7.60. The summed E-state index contributed by atoms with van der Waals surface area (Å²) in [4.78, 5) is 28.1. The number of hydrogen-bond acceptors (Lipinski definition) is 4. The number of carbonyl (C=O) groups excluding carboxylic acids is 2. The van der Waals surface area contributed by atoms with Crippen molar-refractivity contribution in [1.82, 2.24) is 0 Å². The summed E-state index contributed by atoms with van der Waals surface area (Å²) in [5.74, 6) is 1.30. The molecule has 1 aliphatic rings. The number of carbonyl (C=O) groups is 2. The molecule has 0 bridgehead atoms.